The van der Waals surface area contributed by atoms with Crippen LogP contribution in [0.15, 0.2) is 42.5 Å². The summed E-state index contributed by atoms with van der Waals surface area (Å²) in [5, 5.41) is 23.4. The molecule has 0 radical (unpaired) electrons. The molecule has 0 saturated carbocycles. The van der Waals surface area contributed by atoms with Crippen LogP contribution in [0.25, 0.3) is 0 Å². The third kappa shape index (κ3) is 5.29. The topological polar surface area (TPSA) is 88.0 Å². The van der Waals surface area contributed by atoms with Gasteiger partial charge in [0.2, 0.25) is 6.10 Å². The maximum Gasteiger partial charge on any atom is 0.348 e. The van der Waals surface area contributed by atoms with E-state index in [4.69, 9.17) is 26.2 Å². The van der Waals surface area contributed by atoms with Crippen molar-refractivity contribution < 1.29 is 24.5 Å². The van der Waals surface area contributed by atoms with Gasteiger partial charge in [-0.05, 0) is 41.8 Å². The van der Waals surface area contributed by atoms with Crippen molar-refractivity contribution in [1.82, 2.24) is 5.32 Å². The van der Waals surface area contributed by atoms with Crippen molar-refractivity contribution in [3.63, 3.8) is 0 Å². The number of aliphatic hydroxyl groups is 1. The summed E-state index contributed by atoms with van der Waals surface area (Å²) < 4.78 is 11.0. The normalized spacial score (nSPS) is 17.3. The zero-order valence-electron chi connectivity index (χ0n) is 15.3. The average molecular weight is 428 g/mol. The maximum atomic E-state index is 11.0. The summed E-state index contributed by atoms with van der Waals surface area (Å²) in [5.41, 5.74) is 1.73. The monoisotopic (exact) mass is 427 g/mol. The van der Waals surface area contributed by atoms with Crippen LogP contribution in [-0.2, 0) is 4.79 Å². The highest BCUT2D eigenvalue weighted by atomic mass is 35.5. The fraction of sp³-hybridized carbons (Fsp3) is 0.350. The molecule has 1 aliphatic rings. The predicted molar refractivity (Wildman–Crippen MR) is 109 cm³/mol. The van der Waals surface area contributed by atoms with E-state index in [0.717, 1.165) is 17.5 Å². The van der Waals surface area contributed by atoms with E-state index in [0.29, 0.717) is 23.1 Å². The van der Waals surface area contributed by atoms with E-state index in [9.17, 15) is 9.90 Å². The van der Waals surface area contributed by atoms with Crippen molar-refractivity contribution in [2.75, 3.05) is 13.2 Å². The standard InChI is InChI=1S/C20H22ClNO5.ClH/c1-2-15(22-10-16(23)13-4-3-5-14(21)8-13)12-6-7-17-18(9-12)26-11-19(27-17)20(24)25;/h3-9,15-16,19,22-23H,2,10-11H2,1H3,(H,24,25);1H. The lowest BCUT2D eigenvalue weighted by Gasteiger charge is -2.26. The van der Waals surface area contributed by atoms with Gasteiger partial charge >= 0.3 is 5.97 Å². The van der Waals surface area contributed by atoms with Gasteiger partial charge in [0.05, 0.1) is 6.10 Å². The van der Waals surface area contributed by atoms with Crippen molar-refractivity contribution in [2.45, 2.75) is 31.6 Å². The Morgan fingerprint density at radius 3 is 2.71 bits per heavy atom. The largest absolute Gasteiger partial charge is 0.485 e. The second-order valence-corrected chi connectivity index (χ2v) is 6.84. The second-order valence-electron chi connectivity index (χ2n) is 6.40. The fourth-order valence-electron chi connectivity index (χ4n) is 3.01. The molecule has 2 aromatic rings. The van der Waals surface area contributed by atoms with Gasteiger partial charge in [-0.3, -0.25) is 0 Å². The highest BCUT2D eigenvalue weighted by Crippen LogP contribution is 2.35. The Bertz CT molecular complexity index is 817. The van der Waals surface area contributed by atoms with Crippen LogP contribution in [0.5, 0.6) is 11.5 Å². The molecule has 0 amide bonds. The Morgan fingerprint density at radius 2 is 2.04 bits per heavy atom. The van der Waals surface area contributed by atoms with Gasteiger partial charge in [-0.15, -0.1) is 12.4 Å². The van der Waals surface area contributed by atoms with Crippen LogP contribution in [0, 0.1) is 0 Å². The van der Waals surface area contributed by atoms with Crippen LogP contribution in [0.2, 0.25) is 5.02 Å². The van der Waals surface area contributed by atoms with E-state index in [-0.39, 0.29) is 25.1 Å². The summed E-state index contributed by atoms with van der Waals surface area (Å²) in [5.74, 6) is -0.0975. The molecule has 0 spiro atoms. The minimum absolute atomic E-state index is 0. The van der Waals surface area contributed by atoms with Gasteiger partial charge in [-0.1, -0.05) is 36.7 Å². The Balaban J connectivity index is 0.00000280. The summed E-state index contributed by atoms with van der Waals surface area (Å²) in [7, 11) is 0. The van der Waals surface area contributed by atoms with Gasteiger partial charge in [0.25, 0.3) is 0 Å². The molecule has 28 heavy (non-hydrogen) atoms. The Morgan fingerprint density at radius 1 is 1.25 bits per heavy atom. The number of aliphatic hydroxyl groups excluding tert-OH is 1. The lowest BCUT2D eigenvalue weighted by Crippen LogP contribution is -2.36. The molecular formula is C20H23Cl2NO5. The van der Waals surface area contributed by atoms with Gasteiger partial charge < -0.3 is 25.0 Å². The van der Waals surface area contributed by atoms with Crippen LogP contribution in [0.3, 0.4) is 0 Å². The van der Waals surface area contributed by atoms with Crippen molar-refractivity contribution in [1.29, 1.82) is 0 Å². The molecule has 6 nitrogen and oxygen atoms in total. The Labute approximate surface area is 174 Å². The summed E-state index contributed by atoms with van der Waals surface area (Å²) in [6, 6.07) is 12.6. The van der Waals surface area contributed by atoms with Gasteiger partial charge in [-0.2, -0.15) is 0 Å². The van der Waals surface area contributed by atoms with Crippen LogP contribution < -0.4 is 14.8 Å². The first-order chi connectivity index (χ1) is 13.0. The van der Waals surface area contributed by atoms with Crippen molar-refractivity contribution in [3.8, 4) is 11.5 Å². The number of carboxylic acids is 1. The van der Waals surface area contributed by atoms with Crippen LogP contribution in [-0.4, -0.2) is 35.4 Å². The first-order valence-corrected chi connectivity index (χ1v) is 9.19. The Hall–Kier alpha value is -1.99. The van der Waals surface area contributed by atoms with Crippen molar-refractivity contribution in [2.24, 2.45) is 0 Å². The molecule has 3 N–H and O–H groups in total. The van der Waals surface area contributed by atoms with E-state index in [1.807, 2.05) is 31.2 Å². The molecule has 3 atom stereocenters. The molecule has 0 aromatic heterocycles. The highest BCUT2D eigenvalue weighted by molar-refractivity contribution is 6.30. The molecule has 2 aromatic carbocycles. The van der Waals surface area contributed by atoms with E-state index >= 15 is 0 Å². The van der Waals surface area contributed by atoms with Gasteiger partial charge in [-0.25, -0.2) is 4.79 Å². The third-order valence-corrected chi connectivity index (χ3v) is 4.74. The van der Waals surface area contributed by atoms with Crippen LogP contribution in [0.1, 0.15) is 36.6 Å². The Kier molecular flexibility index (Phi) is 7.95. The number of aliphatic carboxylic acids is 1. The molecule has 8 heteroatoms. The number of hydrogen-bond acceptors (Lipinski definition) is 5. The number of halogens is 2. The zero-order valence-corrected chi connectivity index (χ0v) is 16.9. The lowest BCUT2D eigenvalue weighted by molar-refractivity contribution is -0.147. The van der Waals surface area contributed by atoms with E-state index in [1.165, 1.54) is 0 Å². The zero-order chi connectivity index (χ0) is 19.4. The average Bonchev–Trinajstić information content (AvgIpc) is 2.67. The van der Waals surface area contributed by atoms with Crippen molar-refractivity contribution in [3.05, 3.63) is 58.6 Å². The summed E-state index contributed by atoms with van der Waals surface area (Å²) in [6.45, 7) is 2.39. The number of hydrogen-bond donors (Lipinski definition) is 3. The first-order valence-electron chi connectivity index (χ1n) is 8.81. The predicted octanol–water partition coefficient (Wildman–Crippen LogP) is 3.76. The molecule has 3 rings (SSSR count). The maximum absolute atomic E-state index is 11.0. The second kappa shape index (κ2) is 9.98. The first kappa shape index (κ1) is 22.3. The molecule has 0 fully saturated rings. The number of fused-ring (bicyclic) bond motifs is 1. The number of nitrogens with one attached hydrogen (secondary N) is 1. The number of carbonyl (C=O) groups is 1. The number of carboxylic acid groups (broad SMARTS) is 1. The SMILES string of the molecule is CCC(NCC(O)c1cccc(Cl)c1)c1ccc2c(c1)OCC(C(=O)O)O2.Cl. The number of rotatable bonds is 7. The molecule has 1 heterocycles. The van der Waals surface area contributed by atoms with Crippen LogP contribution >= 0.6 is 24.0 Å². The number of benzene rings is 2. The fourth-order valence-corrected chi connectivity index (χ4v) is 3.21. The van der Waals surface area contributed by atoms with Gasteiger partial charge in [0.1, 0.15) is 6.61 Å². The smallest absolute Gasteiger partial charge is 0.348 e. The minimum Gasteiger partial charge on any atom is -0.485 e. The molecule has 152 valence electrons. The van der Waals surface area contributed by atoms with Gasteiger partial charge in [0, 0.05) is 17.6 Å². The third-order valence-electron chi connectivity index (χ3n) is 4.50. The van der Waals surface area contributed by atoms with Gasteiger partial charge in [0.15, 0.2) is 11.5 Å². The molecule has 0 saturated heterocycles. The van der Waals surface area contributed by atoms with Crippen LogP contribution in [0.4, 0.5) is 0 Å². The summed E-state index contributed by atoms with van der Waals surface area (Å²) in [4.78, 5) is 11.0. The lowest BCUT2D eigenvalue weighted by atomic mass is 10.0. The summed E-state index contributed by atoms with van der Waals surface area (Å²) >= 11 is 5.98. The van der Waals surface area contributed by atoms with E-state index < -0.39 is 18.2 Å². The molecule has 1 aliphatic heterocycles. The number of ether oxygens (including phenoxy) is 2. The van der Waals surface area contributed by atoms with Crippen molar-refractivity contribution >= 4 is 30.0 Å². The molecular weight excluding hydrogens is 405 g/mol. The molecule has 0 aliphatic carbocycles. The molecule has 3 unspecified atom stereocenters. The highest BCUT2D eigenvalue weighted by Gasteiger charge is 2.27. The quantitative estimate of drug-likeness (QED) is 0.623. The summed E-state index contributed by atoms with van der Waals surface area (Å²) in [6.07, 6.45) is -0.859. The van der Waals surface area contributed by atoms with E-state index in [2.05, 4.69) is 5.32 Å². The minimum atomic E-state index is -1.05. The molecule has 0 bridgehead atoms. The van der Waals surface area contributed by atoms with E-state index in [1.54, 1.807) is 18.2 Å².